The van der Waals surface area contributed by atoms with E-state index in [1.807, 2.05) is 0 Å². The summed E-state index contributed by atoms with van der Waals surface area (Å²) in [5, 5.41) is 8.06. The molecule has 5 heteroatoms. The lowest BCUT2D eigenvalue weighted by Crippen LogP contribution is -2.28. The Morgan fingerprint density at radius 2 is 1.77 bits per heavy atom. The molecule has 0 bridgehead atoms. The first-order valence-electron chi connectivity index (χ1n) is 7.44. The largest absolute Gasteiger partial charge is 0.394 e. The molecule has 0 saturated heterocycles. The van der Waals surface area contributed by atoms with Crippen molar-refractivity contribution in [3.8, 4) is 0 Å². The highest BCUT2D eigenvalue weighted by molar-refractivity contribution is 5.85. The van der Waals surface area contributed by atoms with Gasteiger partial charge in [0.2, 0.25) is 0 Å². The first-order valence-corrected chi connectivity index (χ1v) is 7.44. The van der Waals surface area contributed by atoms with E-state index in [1.54, 1.807) is 13.8 Å². The van der Waals surface area contributed by atoms with Gasteiger partial charge >= 0.3 is 0 Å². The molecule has 1 heterocycles. The zero-order chi connectivity index (χ0) is 14.8. The zero-order valence-corrected chi connectivity index (χ0v) is 15.2. The van der Waals surface area contributed by atoms with Gasteiger partial charge in [0.25, 0.3) is 0 Å². The van der Waals surface area contributed by atoms with Crippen molar-refractivity contribution in [3.63, 3.8) is 0 Å². The number of aliphatic hydroxyl groups is 1. The average molecular weight is 349 g/mol. The van der Waals surface area contributed by atoms with Gasteiger partial charge < -0.3 is 10.8 Å². The Bertz CT molecular complexity index is 394. The fourth-order valence-corrected chi connectivity index (χ4v) is 2.15. The molecule has 0 amide bonds. The topological polar surface area (TPSA) is 49.5 Å². The van der Waals surface area contributed by atoms with E-state index in [2.05, 4.69) is 41.3 Å². The Morgan fingerprint density at radius 1 is 1.18 bits per heavy atom. The van der Waals surface area contributed by atoms with Crippen molar-refractivity contribution in [1.82, 2.24) is 4.90 Å². The lowest BCUT2D eigenvalue weighted by molar-refractivity contribution is 0.216. The van der Waals surface area contributed by atoms with Gasteiger partial charge in [-0.1, -0.05) is 42.0 Å². The maximum absolute atomic E-state index is 8.06. The smallest absolute Gasteiger partial charge is 0.0483 e. The van der Waals surface area contributed by atoms with Crippen LogP contribution in [0.5, 0.6) is 0 Å². The van der Waals surface area contributed by atoms with Crippen molar-refractivity contribution < 1.29 is 5.11 Å². The van der Waals surface area contributed by atoms with E-state index in [1.165, 1.54) is 24.1 Å². The summed E-state index contributed by atoms with van der Waals surface area (Å²) in [5.74, 6) is 0. The summed E-state index contributed by atoms with van der Waals surface area (Å²) in [6, 6.07) is 10.7. The summed E-state index contributed by atoms with van der Waals surface area (Å²) < 4.78 is 0. The van der Waals surface area contributed by atoms with Crippen molar-refractivity contribution in [1.29, 1.82) is 0 Å². The van der Waals surface area contributed by atoms with Gasteiger partial charge in [0.15, 0.2) is 0 Å². The predicted molar refractivity (Wildman–Crippen MR) is 99.9 cm³/mol. The number of nitrogens with two attached hydrogens (primary N) is 1. The molecule has 128 valence electrons. The number of nitrogens with zero attached hydrogens (tertiary/aromatic N) is 1. The van der Waals surface area contributed by atoms with Crippen LogP contribution in [0.25, 0.3) is 0 Å². The van der Waals surface area contributed by atoms with Gasteiger partial charge in [-0.05, 0) is 38.8 Å². The monoisotopic (exact) mass is 348 g/mol. The SMILES string of the molecule is CC(C)O.Cl.Cl.NCCC1=CCN(Cc2ccccc2)CC1. The molecular weight excluding hydrogens is 319 g/mol. The molecule has 0 aliphatic carbocycles. The first kappa shape index (κ1) is 23.7. The van der Waals surface area contributed by atoms with E-state index < -0.39 is 0 Å². The highest BCUT2D eigenvalue weighted by Crippen LogP contribution is 2.15. The molecule has 3 N–H and O–H groups in total. The molecule has 0 spiro atoms. The van der Waals surface area contributed by atoms with E-state index in [0.717, 1.165) is 26.1 Å². The van der Waals surface area contributed by atoms with Crippen LogP contribution in [-0.2, 0) is 6.54 Å². The standard InChI is InChI=1S/C14H20N2.C3H8O.2ClH/c15-9-6-13-7-10-16(11-8-13)12-14-4-2-1-3-5-14;1-3(2)4;;/h1-5,7H,6,8-12,15H2;3-4H,1-2H3;2*1H. The predicted octanol–water partition coefficient (Wildman–Crippen LogP) is 3.40. The Balaban J connectivity index is 0. The summed E-state index contributed by atoms with van der Waals surface area (Å²) in [6.07, 6.45) is 4.43. The molecule has 0 unspecified atom stereocenters. The Kier molecular flexibility index (Phi) is 15.1. The number of rotatable bonds is 4. The fourth-order valence-electron chi connectivity index (χ4n) is 2.15. The van der Waals surface area contributed by atoms with Gasteiger partial charge in [-0.3, -0.25) is 4.90 Å². The first-order chi connectivity index (χ1) is 9.61. The summed E-state index contributed by atoms with van der Waals surface area (Å²) in [4.78, 5) is 2.48. The summed E-state index contributed by atoms with van der Waals surface area (Å²) in [6.45, 7) is 7.53. The van der Waals surface area contributed by atoms with Crippen molar-refractivity contribution >= 4 is 24.8 Å². The Hall–Kier alpha value is -0.580. The molecule has 0 radical (unpaired) electrons. The lowest BCUT2D eigenvalue weighted by Gasteiger charge is -2.26. The van der Waals surface area contributed by atoms with Crippen LogP contribution in [0.15, 0.2) is 42.0 Å². The molecule has 3 nitrogen and oxygen atoms in total. The minimum absolute atomic E-state index is 0. The van der Waals surface area contributed by atoms with Crippen LogP contribution >= 0.6 is 24.8 Å². The van der Waals surface area contributed by atoms with E-state index in [-0.39, 0.29) is 30.9 Å². The fraction of sp³-hybridized carbons (Fsp3) is 0.529. The Morgan fingerprint density at radius 3 is 2.23 bits per heavy atom. The van der Waals surface area contributed by atoms with Crippen LogP contribution in [0, 0.1) is 0 Å². The number of aliphatic hydroxyl groups excluding tert-OH is 1. The molecule has 1 aliphatic rings. The molecule has 2 rings (SSSR count). The third-order valence-corrected chi connectivity index (χ3v) is 3.10. The average Bonchev–Trinajstić information content (AvgIpc) is 2.42. The summed E-state index contributed by atoms with van der Waals surface area (Å²) in [7, 11) is 0. The third-order valence-electron chi connectivity index (χ3n) is 3.10. The van der Waals surface area contributed by atoms with Gasteiger partial charge in [-0.25, -0.2) is 0 Å². The Labute approximate surface area is 147 Å². The van der Waals surface area contributed by atoms with Crippen molar-refractivity contribution in [3.05, 3.63) is 47.5 Å². The van der Waals surface area contributed by atoms with Crippen LogP contribution < -0.4 is 5.73 Å². The van der Waals surface area contributed by atoms with Crippen LogP contribution in [0.3, 0.4) is 0 Å². The van der Waals surface area contributed by atoms with Gasteiger partial charge in [0, 0.05) is 25.7 Å². The second-order valence-corrected chi connectivity index (χ2v) is 5.47. The highest BCUT2D eigenvalue weighted by Gasteiger charge is 2.10. The highest BCUT2D eigenvalue weighted by atomic mass is 35.5. The zero-order valence-electron chi connectivity index (χ0n) is 13.6. The molecule has 0 atom stereocenters. The van der Waals surface area contributed by atoms with Crippen molar-refractivity contribution in [2.45, 2.75) is 39.3 Å². The van der Waals surface area contributed by atoms with E-state index in [0.29, 0.717) is 0 Å². The molecule has 0 aromatic heterocycles. The lowest BCUT2D eigenvalue weighted by atomic mass is 10.0. The molecular formula is C17H30Cl2N2O. The van der Waals surface area contributed by atoms with E-state index >= 15 is 0 Å². The third kappa shape index (κ3) is 11.0. The maximum Gasteiger partial charge on any atom is 0.0483 e. The quantitative estimate of drug-likeness (QED) is 0.819. The number of halogens is 2. The van der Waals surface area contributed by atoms with E-state index in [9.17, 15) is 0 Å². The van der Waals surface area contributed by atoms with Gasteiger partial charge in [-0.15, -0.1) is 24.8 Å². The van der Waals surface area contributed by atoms with Crippen molar-refractivity contribution in [2.24, 2.45) is 5.73 Å². The van der Waals surface area contributed by atoms with Crippen LogP contribution in [0.1, 0.15) is 32.3 Å². The molecule has 0 fully saturated rings. The maximum atomic E-state index is 8.06. The molecule has 0 saturated carbocycles. The van der Waals surface area contributed by atoms with Crippen LogP contribution in [-0.4, -0.2) is 35.7 Å². The summed E-state index contributed by atoms with van der Waals surface area (Å²) >= 11 is 0. The number of hydrogen-bond acceptors (Lipinski definition) is 3. The second kappa shape index (κ2) is 14.0. The second-order valence-electron chi connectivity index (χ2n) is 5.47. The van der Waals surface area contributed by atoms with Crippen LogP contribution in [0.2, 0.25) is 0 Å². The number of hydrogen-bond donors (Lipinski definition) is 2. The normalized spacial score (nSPS) is 14.1. The van der Waals surface area contributed by atoms with Crippen molar-refractivity contribution in [2.75, 3.05) is 19.6 Å². The minimum Gasteiger partial charge on any atom is -0.394 e. The summed E-state index contributed by atoms with van der Waals surface area (Å²) in [5.41, 5.74) is 8.50. The van der Waals surface area contributed by atoms with Gasteiger partial charge in [0.1, 0.15) is 0 Å². The molecule has 1 aliphatic heterocycles. The molecule has 22 heavy (non-hydrogen) atoms. The van der Waals surface area contributed by atoms with Gasteiger partial charge in [0.05, 0.1) is 0 Å². The molecule has 1 aromatic rings. The van der Waals surface area contributed by atoms with Gasteiger partial charge in [-0.2, -0.15) is 0 Å². The number of benzene rings is 1. The molecule has 1 aromatic carbocycles. The minimum atomic E-state index is -0.167. The van der Waals surface area contributed by atoms with E-state index in [4.69, 9.17) is 10.8 Å². The van der Waals surface area contributed by atoms with Crippen LogP contribution in [0.4, 0.5) is 0 Å².